The monoisotopic (exact) mass is 309 g/mol. The van der Waals surface area contributed by atoms with E-state index in [2.05, 4.69) is 10.1 Å². The van der Waals surface area contributed by atoms with E-state index in [1.54, 1.807) is 27.7 Å². The molecule has 1 unspecified atom stereocenters. The van der Waals surface area contributed by atoms with E-state index >= 15 is 0 Å². The summed E-state index contributed by atoms with van der Waals surface area (Å²) in [5.74, 6) is 0. The van der Waals surface area contributed by atoms with Crippen LogP contribution in [0.2, 0.25) is 0 Å². The Labute approximate surface area is 114 Å². The second-order valence-corrected chi connectivity index (χ2v) is 5.64. The van der Waals surface area contributed by atoms with Gasteiger partial charge in [-0.2, -0.15) is 26.3 Å². The van der Waals surface area contributed by atoms with Gasteiger partial charge in [-0.1, -0.05) is 13.3 Å². The predicted octanol–water partition coefficient (Wildman–Crippen LogP) is 4.05. The normalized spacial score (nSPS) is 15.8. The highest BCUT2D eigenvalue weighted by molar-refractivity contribution is 4.80. The molecule has 0 fully saturated rings. The van der Waals surface area contributed by atoms with E-state index < -0.39 is 30.1 Å². The molecule has 0 bridgehead atoms. The number of hydrogen-bond acceptors (Lipinski definition) is 2. The number of rotatable bonds is 6. The molecular weight excluding hydrogens is 288 g/mol. The summed E-state index contributed by atoms with van der Waals surface area (Å²) in [5.41, 5.74) is -0.415. The van der Waals surface area contributed by atoms with Crippen LogP contribution in [0.25, 0.3) is 0 Å². The molecule has 0 radical (unpaired) electrons. The molecule has 0 aromatic carbocycles. The zero-order valence-electron chi connectivity index (χ0n) is 12.0. The second-order valence-electron chi connectivity index (χ2n) is 5.64. The summed E-state index contributed by atoms with van der Waals surface area (Å²) >= 11 is 0. The first kappa shape index (κ1) is 19.5. The maximum absolute atomic E-state index is 12.4. The minimum absolute atomic E-state index is 0.0694. The van der Waals surface area contributed by atoms with E-state index in [1.165, 1.54) is 0 Å². The van der Waals surface area contributed by atoms with E-state index in [0.717, 1.165) is 0 Å². The van der Waals surface area contributed by atoms with Gasteiger partial charge in [0.1, 0.15) is 0 Å². The van der Waals surface area contributed by atoms with Crippen LogP contribution in [-0.4, -0.2) is 36.6 Å². The highest BCUT2D eigenvalue weighted by atomic mass is 19.4. The van der Waals surface area contributed by atoms with Gasteiger partial charge in [-0.15, -0.1) is 0 Å². The summed E-state index contributed by atoms with van der Waals surface area (Å²) in [5, 5.41) is 2.86. The Kier molecular flexibility index (Phi) is 6.80. The van der Waals surface area contributed by atoms with Crippen molar-refractivity contribution in [2.45, 2.75) is 70.6 Å². The van der Waals surface area contributed by atoms with Crippen molar-refractivity contribution in [2.24, 2.45) is 0 Å². The van der Waals surface area contributed by atoms with E-state index in [9.17, 15) is 26.3 Å². The zero-order valence-corrected chi connectivity index (χ0v) is 12.0. The summed E-state index contributed by atoms with van der Waals surface area (Å²) < 4.78 is 78.9. The van der Waals surface area contributed by atoms with E-state index in [0.29, 0.717) is 6.42 Å². The van der Waals surface area contributed by atoms with Crippen molar-refractivity contribution in [2.75, 3.05) is 6.54 Å². The average Bonchev–Trinajstić information content (AvgIpc) is 2.17. The van der Waals surface area contributed by atoms with Crippen molar-refractivity contribution >= 4 is 0 Å². The Bertz CT molecular complexity index is 267. The third-order valence-electron chi connectivity index (χ3n) is 2.39. The topological polar surface area (TPSA) is 21.3 Å². The third-order valence-corrected chi connectivity index (χ3v) is 2.39. The minimum atomic E-state index is -5.47. The number of nitrogens with one attached hydrogen (secondary N) is 1. The number of hydrogen-bond donors (Lipinski definition) is 1. The van der Waals surface area contributed by atoms with Crippen LogP contribution in [0.4, 0.5) is 26.3 Å². The molecule has 0 aromatic rings. The molecule has 0 amide bonds. The lowest BCUT2D eigenvalue weighted by Gasteiger charge is -2.30. The van der Waals surface area contributed by atoms with Crippen molar-refractivity contribution in [3.05, 3.63) is 0 Å². The molecular formula is C12H21F6NO. The van der Waals surface area contributed by atoms with Crippen molar-refractivity contribution < 1.29 is 31.1 Å². The number of halogens is 6. The standard InChI is InChI=1S/C12H21F6NO/c1-5-6-8(7-19-10(2,3)4)20-9(11(13,14)15)12(16,17)18/h8-9,19H,5-7H2,1-4H3. The molecule has 122 valence electrons. The Morgan fingerprint density at radius 3 is 1.70 bits per heavy atom. The highest BCUT2D eigenvalue weighted by Crippen LogP contribution is 2.36. The Balaban J connectivity index is 4.84. The van der Waals surface area contributed by atoms with Gasteiger partial charge in [0.15, 0.2) is 0 Å². The lowest BCUT2D eigenvalue weighted by atomic mass is 10.1. The Morgan fingerprint density at radius 1 is 0.950 bits per heavy atom. The lowest BCUT2D eigenvalue weighted by Crippen LogP contribution is -2.49. The fourth-order valence-corrected chi connectivity index (χ4v) is 1.49. The van der Waals surface area contributed by atoms with Crippen LogP contribution in [0.15, 0.2) is 0 Å². The zero-order chi connectivity index (χ0) is 16.2. The van der Waals surface area contributed by atoms with Crippen LogP contribution >= 0.6 is 0 Å². The molecule has 1 atom stereocenters. The molecule has 8 heteroatoms. The number of alkyl halides is 6. The first-order valence-electron chi connectivity index (χ1n) is 6.31. The van der Waals surface area contributed by atoms with Gasteiger partial charge in [-0.05, 0) is 27.2 Å². The van der Waals surface area contributed by atoms with Crippen LogP contribution in [0.5, 0.6) is 0 Å². The average molecular weight is 309 g/mol. The van der Waals surface area contributed by atoms with Gasteiger partial charge in [0.2, 0.25) is 6.10 Å². The minimum Gasteiger partial charge on any atom is -0.356 e. The van der Waals surface area contributed by atoms with Gasteiger partial charge >= 0.3 is 12.4 Å². The largest absolute Gasteiger partial charge is 0.423 e. The smallest absolute Gasteiger partial charge is 0.356 e. The summed E-state index contributed by atoms with van der Waals surface area (Å²) in [6, 6.07) is 0. The quantitative estimate of drug-likeness (QED) is 0.747. The van der Waals surface area contributed by atoms with Crippen LogP contribution in [0, 0.1) is 0 Å². The van der Waals surface area contributed by atoms with Gasteiger partial charge in [-0.25, -0.2) is 0 Å². The first-order chi connectivity index (χ1) is 8.77. The molecule has 0 saturated heterocycles. The summed E-state index contributed by atoms with van der Waals surface area (Å²) in [6.45, 7) is 6.90. The van der Waals surface area contributed by atoms with E-state index in [4.69, 9.17) is 0 Å². The molecule has 0 saturated carbocycles. The molecule has 1 N–H and O–H groups in total. The van der Waals surface area contributed by atoms with E-state index in [1.807, 2.05) is 0 Å². The van der Waals surface area contributed by atoms with Crippen LogP contribution in [0.3, 0.4) is 0 Å². The maximum Gasteiger partial charge on any atom is 0.423 e. The van der Waals surface area contributed by atoms with Crippen LogP contribution < -0.4 is 5.32 Å². The Morgan fingerprint density at radius 2 is 1.40 bits per heavy atom. The van der Waals surface area contributed by atoms with Gasteiger partial charge in [0.05, 0.1) is 6.10 Å². The van der Waals surface area contributed by atoms with Crippen molar-refractivity contribution in [3.8, 4) is 0 Å². The summed E-state index contributed by atoms with van der Waals surface area (Å²) in [6.07, 6.45) is -15.3. The fraction of sp³-hybridized carbons (Fsp3) is 1.00. The molecule has 0 aliphatic rings. The lowest BCUT2D eigenvalue weighted by molar-refractivity contribution is -0.331. The van der Waals surface area contributed by atoms with Crippen LogP contribution in [0.1, 0.15) is 40.5 Å². The predicted molar refractivity (Wildman–Crippen MR) is 63.4 cm³/mol. The molecule has 0 heterocycles. The molecule has 0 spiro atoms. The third kappa shape index (κ3) is 7.94. The maximum atomic E-state index is 12.4. The highest BCUT2D eigenvalue weighted by Gasteiger charge is 2.58. The summed E-state index contributed by atoms with van der Waals surface area (Å²) in [4.78, 5) is 0. The second kappa shape index (κ2) is 6.98. The van der Waals surface area contributed by atoms with Gasteiger partial charge < -0.3 is 10.1 Å². The van der Waals surface area contributed by atoms with Crippen molar-refractivity contribution in [3.63, 3.8) is 0 Å². The Hall–Kier alpha value is -0.500. The number of ether oxygens (including phenoxy) is 1. The van der Waals surface area contributed by atoms with E-state index in [-0.39, 0.29) is 13.0 Å². The molecule has 2 nitrogen and oxygen atoms in total. The molecule has 0 aliphatic heterocycles. The van der Waals surface area contributed by atoms with Crippen LogP contribution in [-0.2, 0) is 4.74 Å². The summed E-state index contributed by atoms with van der Waals surface area (Å²) in [7, 11) is 0. The molecule has 0 rings (SSSR count). The molecule has 0 aliphatic carbocycles. The SMILES string of the molecule is CCCC(CNC(C)(C)C)OC(C(F)(F)F)C(F)(F)F. The van der Waals surface area contributed by atoms with Crippen molar-refractivity contribution in [1.29, 1.82) is 0 Å². The molecule has 0 aromatic heterocycles. The fourth-order valence-electron chi connectivity index (χ4n) is 1.49. The van der Waals surface area contributed by atoms with Gasteiger partial charge in [0.25, 0.3) is 0 Å². The first-order valence-corrected chi connectivity index (χ1v) is 6.31. The molecule has 20 heavy (non-hydrogen) atoms. The van der Waals surface area contributed by atoms with Crippen molar-refractivity contribution in [1.82, 2.24) is 5.32 Å². The van der Waals surface area contributed by atoms with Gasteiger partial charge in [-0.3, -0.25) is 0 Å². The van der Waals surface area contributed by atoms with Gasteiger partial charge in [0, 0.05) is 12.1 Å².